The quantitative estimate of drug-likeness (QED) is 0.569. The van der Waals surface area contributed by atoms with Crippen molar-refractivity contribution >= 4 is 11.9 Å². The van der Waals surface area contributed by atoms with E-state index in [1.165, 1.54) is 26.2 Å². The van der Waals surface area contributed by atoms with Crippen molar-refractivity contribution in [2.45, 2.75) is 64.4 Å². The molecule has 1 N–H and O–H groups in total. The van der Waals surface area contributed by atoms with Crippen LogP contribution < -0.4 is 5.32 Å². The molecule has 0 radical (unpaired) electrons. The summed E-state index contributed by atoms with van der Waals surface area (Å²) >= 11 is 0. The van der Waals surface area contributed by atoms with E-state index in [0.29, 0.717) is 18.9 Å². The Morgan fingerprint density at radius 2 is 2.00 bits per heavy atom. The average Bonchev–Trinajstić information content (AvgIpc) is 2.95. The molecule has 0 aromatic rings. The Labute approximate surface area is 115 Å². The highest BCUT2D eigenvalue weighted by Crippen LogP contribution is 2.45. The summed E-state index contributed by atoms with van der Waals surface area (Å²) in [5.41, 5.74) is 0. The molecule has 2 bridgehead atoms. The lowest BCUT2D eigenvalue weighted by Gasteiger charge is -2.21. The van der Waals surface area contributed by atoms with Crippen molar-refractivity contribution in [3.05, 3.63) is 0 Å². The number of rotatable bonds is 7. The van der Waals surface area contributed by atoms with E-state index in [-0.39, 0.29) is 18.0 Å². The zero-order chi connectivity index (χ0) is 13.7. The zero-order valence-corrected chi connectivity index (χ0v) is 11.8. The first-order chi connectivity index (χ1) is 9.15. The first-order valence-corrected chi connectivity index (χ1v) is 7.59. The Bertz CT molecular complexity index is 329. The van der Waals surface area contributed by atoms with Gasteiger partial charge in [0.1, 0.15) is 6.10 Å². The molecule has 2 fully saturated rings. The number of carbonyl (C=O) groups excluding carboxylic acids is 2. The number of unbranched alkanes of at least 4 members (excludes halogenated alkanes) is 2. The van der Waals surface area contributed by atoms with E-state index in [4.69, 9.17) is 4.74 Å². The van der Waals surface area contributed by atoms with Crippen LogP contribution in [0.2, 0.25) is 0 Å². The topological polar surface area (TPSA) is 55.4 Å². The normalized spacial score (nSPS) is 28.4. The van der Waals surface area contributed by atoms with Gasteiger partial charge in [-0.25, -0.2) is 0 Å². The minimum absolute atomic E-state index is 0.00990. The average molecular weight is 267 g/mol. The second kappa shape index (κ2) is 6.92. The molecule has 2 aliphatic carbocycles. The minimum Gasteiger partial charge on any atom is -0.462 e. The third-order valence-electron chi connectivity index (χ3n) is 4.39. The van der Waals surface area contributed by atoms with Crippen LogP contribution in [0.5, 0.6) is 0 Å². The number of hydrogen-bond donors (Lipinski definition) is 1. The summed E-state index contributed by atoms with van der Waals surface area (Å²) in [6, 6.07) is 0. The zero-order valence-electron chi connectivity index (χ0n) is 11.8. The summed E-state index contributed by atoms with van der Waals surface area (Å²) in [5.74, 6) is 1.45. The fraction of sp³-hybridized carbons (Fsp3) is 0.867. The predicted octanol–water partition coefficient (Wildman–Crippen LogP) is 2.41. The molecule has 3 unspecified atom stereocenters. The minimum atomic E-state index is -0.0305. The van der Waals surface area contributed by atoms with Crippen LogP contribution >= 0.6 is 0 Å². The molecule has 19 heavy (non-hydrogen) atoms. The Balaban J connectivity index is 1.49. The Kier molecular flexibility index (Phi) is 5.23. The molecule has 2 saturated carbocycles. The number of fused-ring (bicyclic) bond motifs is 2. The van der Waals surface area contributed by atoms with Crippen molar-refractivity contribution in [3.8, 4) is 0 Å². The second-order valence-electron chi connectivity index (χ2n) is 6.00. The van der Waals surface area contributed by atoms with Crippen LogP contribution in [-0.2, 0) is 14.3 Å². The van der Waals surface area contributed by atoms with E-state index in [9.17, 15) is 9.59 Å². The van der Waals surface area contributed by atoms with Gasteiger partial charge >= 0.3 is 5.97 Å². The van der Waals surface area contributed by atoms with Gasteiger partial charge in [-0.1, -0.05) is 6.42 Å². The first-order valence-electron chi connectivity index (χ1n) is 7.59. The van der Waals surface area contributed by atoms with Gasteiger partial charge < -0.3 is 10.1 Å². The highest BCUT2D eigenvalue weighted by atomic mass is 16.5. The molecule has 4 nitrogen and oxygen atoms in total. The Morgan fingerprint density at radius 1 is 1.16 bits per heavy atom. The van der Waals surface area contributed by atoms with Gasteiger partial charge in [0.15, 0.2) is 0 Å². The van der Waals surface area contributed by atoms with E-state index < -0.39 is 0 Å². The summed E-state index contributed by atoms with van der Waals surface area (Å²) in [5, 5.41) is 2.76. The number of amides is 1. The number of carbonyl (C=O) groups is 2. The summed E-state index contributed by atoms with van der Waals surface area (Å²) in [6.45, 7) is 2.23. The van der Waals surface area contributed by atoms with Crippen LogP contribution in [0.3, 0.4) is 0 Å². The molecular formula is C15H25NO3. The van der Waals surface area contributed by atoms with Crippen molar-refractivity contribution in [2.75, 3.05) is 6.54 Å². The van der Waals surface area contributed by atoms with Gasteiger partial charge in [-0.05, 0) is 50.4 Å². The predicted molar refractivity (Wildman–Crippen MR) is 72.5 cm³/mol. The number of nitrogens with one attached hydrogen (secondary N) is 1. The van der Waals surface area contributed by atoms with E-state index in [2.05, 4.69) is 5.32 Å². The fourth-order valence-electron chi connectivity index (χ4n) is 3.39. The molecule has 0 aromatic heterocycles. The standard InChI is InChI=1S/C15H25NO3/c1-11(17)16-8-4-2-3-5-15(18)19-14-10-12-6-7-13(14)9-12/h12-14H,2-10H2,1H3,(H,16,17). The lowest BCUT2D eigenvalue weighted by Crippen LogP contribution is -2.24. The van der Waals surface area contributed by atoms with E-state index in [1.807, 2.05) is 0 Å². The molecule has 0 heterocycles. The maximum atomic E-state index is 11.7. The van der Waals surface area contributed by atoms with Gasteiger partial charge in [0.05, 0.1) is 0 Å². The molecular weight excluding hydrogens is 242 g/mol. The van der Waals surface area contributed by atoms with Crippen LogP contribution in [0.15, 0.2) is 0 Å². The largest absolute Gasteiger partial charge is 0.462 e. The monoisotopic (exact) mass is 267 g/mol. The molecule has 0 aliphatic heterocycles. The number of ether oxygens (including phenoxy) is 1. The Hall–Kier alpha value is -1.06. The van der Waals surface area contributed by atoms with Gasteiger partial charge in [0, 0.05) is 19.9 Å². The highest BCUT2D eigenvalue weighted by molar-refractivity contribution is 5.72. The van der Waals surface area contributed by atoms with Crippen molar-refractivity contribution < 1.29 is 14.3 Å². The molecule has 0 saturated heterocycles. The SMILES string of the molecule is CC(=O)NCCCCCC(=O)OC1CC2CCC1C2. The molecule has 4 heteroatoms. The molecule has 3 atom stereocenters. The van der Waals surface area contributed by atoms with Crippen LogP contribution in [0, 0.1) is 11.8 Å². The highest BCUT2D eigenvalue weighted by Gasteiger charge is 2.41. The van der Waals surface area contributed by atoms with Crippen LogP contribution in [0.25, 0.3) is 0 Å². The molecule has 0 aromatic carbocycles. The summed E-state index contributed by atoms with van der Waals surface area (Å²) in [6.07, 6.45) is 8.44. The molecule has 2 rings (SSSR count). The maximum absolute atomic E-state index is 11.7. The van der Waals surface area contributed by atoms with Crippen molar-refractivity contribution in [1.29, 1.82) is 0 Å². The molecule has 1 amide bonds. The van der Waals surface area contributed by atoms with E-state index in [1.54, 1.807) is 0 Å². The van der Waals surface area contributed by atoms with Crippen LogP contribution in [0.4, 0.5) is 0 Å². The maximum Gasteiger partial charge on any atom is 0.306 e. The number of hydrogen-bond acceptors (Lipinski definition) is 3. The number of esters is 1. The van der Waals surface area contributed by atoms with Gasteiger partial charge in [0.25, 0.3) is 0 Å². The van der Waals surface area contributed by atoms with Gasteiger partial charge in [-0.3, -0.25) is 9.59 Å². The third kappa shape index (κ3) is 4.51. The van der Waals surface area contributed by atoms with E-state index >= 15 is 0 Å². The summed E-state index contributed by atoms with van der Waals surface area (Å²) < 4.78 is 5.58. The smallest absolute Gasteiger partial charge is 0.306 e. The van der Waals surface area contributed by atoms with Crippen molar-refractivity contribution in [3.63, 3.8) is 0 Å². The second-order valence-corrected chi connectivity index (χ2v) is 6.00. The summed E-state index contributed by atoms with van der Waals surface area (Å²) in [4.78, 5) is 22.4. The van der Waals surface area contributed by atoms with Gasteiger partial charge in [0.2, 0.25) is 5.91 Å². The first kappa shape index (κ1) is 14.4. The fourth-order valence-corrected chi connectivity index (χ4v) is 3.39. The summed E-state index contributed by atoms with van der Waals surface area (Å²) in [7, 11) is 0. The van der Waals surface area contributed by atoms with Crippen LogP contribution in [0.1, 0.15) is 58.3 Å². The third-order valence-corrected chi connectivity index (χ3v) is 4.39. The lowest BCUT2D eigenvalue weighted by molar-refractivity contribution is -0.151. The molecule has 0 spiro atoms. The van der Waals surface area contributed by atoms with Gasteiger partial charge in [-0.2, -0.15) is 0 Å². The van der Waals surface area contributed by atoms with Crippen molar-refractivity contribution in [2.24, 2.45) is 11.8 Å². The van der Waals surface area contributed by atoms with Crippen molar-refractivity contribution in [1.82, 2.24) is 5.32 Å². The molecule has 108 valence electrons. The lowest BCUT2D eigenvalue weighted by atomic mass is 9.98. The van der Waals surface area contributed by atoms with Gasteiger partial charge in [-0.15, -0.1) is 0 Å². The van der Waals surface area contributed by atoms with Crippen LogP contribution in [-0.4, -0.2) is 24.5 Å². The Morgan fingerprint density at radius 3 is 2.63 bits per heavy atom. The molecule has 2 aliphatic rings. The van der Waals surface area contributed by atoms with E-state index in [0.717, 1.165) is 31.6 Å².